The van der Waals surface area contributed by atoms with Crippen LogP contribution in [-0.2, 0) is 14.3 Å². The topological polar surface area (TPSA) is 76.0 Å². The number of halogens is 2. The summed E-state index contributed by atoms with van der Waals surface area (Å²) in [7, 11) is 0. The molecule has 0 aromatic rings. The molecular weight excluding hydrogens is 334 g/mol. The molecule has 2 bridgehead atoms. The third-order valence-corrected chi connectivity index (χ3v) is 5.43. The van der Waals surface area contributed by atoms with E-state index in [4.69, 9.17) is 4.74 Å². The van der Waals surface area contributed by atoms with Crippen molar-refractivity contribution in [1.29, 1.82) is 0 Å². The maximum Gasteiger partial charge on any atom is 0.360 e. The molecule has 2 N–H and O–H groups in total. The van der Waals surface area contributed by atoms with Crippen molar-refractivity contribution in [1.82, 2.24) is 0 Å². The minimum absolute atomic E-state index is 0.382. The number of hydrogen-bond acceptors (Lipinski definition) is 5. The van der Waals surface area contributed by atoms with Crippen molar-refractivity contribution in [2.45, 2.75) is 83.5 Å². The van der Waals surface area contributed by atoms with Gasteiger partial charge in [0.25, 0.3) is 0 Å². The van der Waals surface area contributed by atoms with Crippen LogP contribution in [-0.4, -0.2) is 47.2 Å². The monoisotopic (exact) mass is 364 g/mol. The van der Waals surface area contributed by atoms with Crippen LogP contribution in [0.3, 0.4) is 0 Å². The predicted octanol–water partition coefficient (Wildman–Crippen LogP) is 3.02. The van der Waals surface area contributed by atoms with Crippen LogP contribution < -0.4 is 0 Å². The molecule has 0 saturated heterocycles. The molecule has 2 saturated carbocycles. The van der Waals surface area contributed by atoms with Gasteiger partial charge in [-0.15, -0.1) is 0 Å². The van der Waals surface area contributed by atoms with Crippen molar-refractivity contribution in [3.63, 3.8) is 0 Å². The Kier molecular flexibility index (Phi) is 5.81. The molecule has 2 aliphatic rings. The van der Waals surface area contributed by atoms with E-state index in [1.165, 1.54) is 20.8 Å². The molecule has 146 valence electrons. The minimum Gasteiger partial charge on any atom is -0.462 e. The van der Waals surface area contributed by atoms with Crippen LogP contribution in [0.1, 0.15) is 65.7 Å². The highest BCUT2D eigenvalue weighted by molar-refractivity contribution is 5.77. The number of alkyl halides is 2. The van der Waals surface area contributed by atoms with Crippen LogP contribution in [0.5, 0.6) is 0 Å². The van der Waals surface area contributed by atoms with Gasteiger partial charge >= 0.3 is 12.1 Å². The molecule has 0 heterocycles. The summed E-state index contributed by atoms with van der Waals surface area (Å²) in [4.78, 5) is 12.5. The zero-order valence-electron chi connectivity index (χ0n) is 15.3. The van der Waals surface area contributed by atoms with Gasteiger partial charge in [0.2, 0.25) is 0 Å². The summed E-state index contributed by atoms with van der Waals surface area (Å²) in [6.07, 6.45) is -0.107. The van der Waals surface area contributed by atoms with Gasteiger partial charge in [-0.25, -0.2) is 0 Å². The number of ether oxygens (including phenoxy) is 2. The first-order valence-electron chi connectivity index (χ1n) is 8.99. The van der Waals surface area contributed by atoms with Crippen LogP contribution >= 0.6 is 0 Å². The lowest BCUT2D eigenvalue weighted by atomic mass is 9.60. The molecule has 0 amide bonds. The van der Waals surface area contributed by atoms with Gasteiger partial charge in [-0.05, 0) is 44.9 Å². The number of esters is 1. The van der Waals surface area contributed by atoms with E-state index in [9.17, 15) is 23.8 Å². The Morgan fingerprint density at radius 3 is 2.20 bits per heavy atom. The number of aliphatic hydroxyl groups is 2. The minimum atomic E-state index is -3.39. The van der Waals surface area contributed by atoms with Gasteiger partial charge in [0, 0.05) is 0 Å². The van der Waals surface area contributed by atoms with E-state index in [0.29, 0.717) is 32.1 Å². The molecule has 0 aromatic heterocycles. The Balaban J connectivity index is 1.83. The van der Waals surface area contributed by atoms with Crippen molar-refractivity contribution in [3.05, 3.63) is 0 Å². The molecule has 1 unspecified atom stereocenters. The molecular formula is C18H30F2O5. The fourth-order valence-corrected chi connectivity index (χ4v) is 3.81. The molecule has 2 aliphatic carbocycles. The number of hydrogen-bond donors (Lipinski definition) is 2. The van der Waals surface area contributed by atoms with Gasteiger partial charge in [-0.3, -0.25) is 4.79 Å². The van der Waals surface area contributed by atoms with E-state index < -0.39 is 41.2 Å². The summed E-state index contributed by atoms with van der Waals surface area (Å²) in [5, 5.41) is 20.3. The number of aliphatic hydroxyl groups excluding tert-OH is 1. The van der Waals surface area contributed by atoms with Gasteiger partial charge in [0.15, 0.2) is 0 Å². The van der Waals surface area contributed by atoms with Crippen molar-refractivity contribution >= 4 is 5.97 Å². The van der Waals surface area contributed by atoms with Crippen LogP contribution in [0.15, 0.2) is 0 Å². The van der Waals surface area contributed by atoms with E-state index in [-0.39, 0.29) is 6.61 Å². The molecule has 0 aliphatic heterocycles. The van der Waals surface area contributed by atoms with E-state index in [1.54, 1.807) is 0 Å². The third-order valence-electron chi connectivity index (χ3n) is 5.43. The number of fused-ring (bicyclic) bond motifs is 2. The van der Waals surface area contributed by atoms with Crippen LogP contribution in [0.2, 0.25) is 0 Å². The Hall–Kier alpha value is -0.790. The molecule has 2 rings (SSSR count). The normalized spacial score (nSPS) is 31.5. The van der Waals surface area contributed by atoms with E-state index in [1.807, 2.05) is 0 Å². The Labute approximate surface area is 147 Å². The number of rotatable bonds is 6. The van der Waals surface area contributed by atoms with Gasteiger partial charge in [-0.2, -0.15) is 8.78 Å². The standard InChI is InChI=1S/C18H30F2O5/c1-15(2,3)18(19,20)25-11-13(21)10-24-14(22)16-6-4-8-17(23,12-16)9-5-7-16/h13,21,23H,4-12H2,1-3H3. The van der Waals surface area contributed by atoms with Crippen LogP contribution in [0, 0.1) is 10.8 Å². The molecule has 2 fully saturated rings. The number of carbonyl (C=O) groups excluding carboxylic acids is 1. The molecule has 5 nitrogen and oxygen atoms in total. The average molecular weight is 364 g/mol. The molecule has 0 radical (unpaired) electrons. The highest BCUT2D eigenvalue weighted by atomic mass is 19.3. The van der Waals surface area contributed by atoms with Gasteiger partial charge in [-0.1, -0.05) is 20.8 Å². The summed E-state index contributed by atoms with van der Waals surface area (Å²) in [6.45, 7) is 3.01. The molecule has 0 spiro atoms. The fourth-order valence-electron chi connectivity index (χ4n) is 3.81. The first kappa shape index (κ1) is 20.5. The van der Waals surface area contributed by atoms with E-state index in [2.05, 4.69) is 4.74 Å². The largest absolute Gasteiger partial charge is 0.462 e. The smallest absolute Gasteiger partial charge is 0.360 e. The van der Waals surface area contributed by atoms with Crippen molar-refractivity contribution in [3.8, 4) is 0 Å². The Bertz CT molecular complexity index is 476. The Morgan fingerprint density at radius 1 is 1.12 bits per heavy atom. The lowest BCUT2D eigenvalue weighted by molar-refractivity contribution is -0.302. The molecule has 25 heavy (non-hydrogen) atoms. The second kappa shape index (κ2) is 7.08. The maximum absolute atomic E-state index is 13.7. The van der Waals surface area contributed by atoms with Gasteiger partial charge in [0.1, 0.15) is 12.7 Å². The van der Waals surface area contributed by atoms with Crippen LogP contribution in [0.4, 0.5) is 8.78 Å². The average Bonchev–Trinajstić information content (AvgIpc) is 2.48. The first-order valence-corrected chi connectivity index (χ1v) is 8.99. The molecule has 0 aromatic carbocycles. The maximum atomic E-state index is 13.7. The molecule has 1 atom stereocenters. The van der Waals surface area contributed by atoms with E-state index in [0.717, 1.165) is 12.8 Å². The molecule has 7 heteroatoms. The van der Waals surface area contributed by atoms with Crippen molar-refractivity contribution in [2.24, 2.45) is 10.8 Å². The quantitative estimate of drug-likeness (QED) is 0.709. The SMILES string of the molecule is CC(C)(C)C(F)(F)OCC(O)COC(=O)C12CCCC(O)(CCC1)C2. The predicted molar refractivity (Wildman–Crippen MR) is 87.0 cm³/mol. The zero-order valence-corrected chi connectivity index (χ0v) is 15.3. The first-order chi connectivity index (χ1) is 11.4. The lowest BCUT2D eigenvalue weighted by Crippen LogP contribution is -2.50. The van der Waals surface area contributed by atoms with Crippen molar-refractivity contribution < 1.29 is 33.3 Å². The summed E-state index contributed by atoms with van der Waals surface area (Å²) >= 11 is 0. The van der Waals surface area contributed by atoms with E-state index >= 15 is 0 Å². The highest BCUT2D eigenvalue weighted by Crippen LogP contribution is 2.51. The lowest BCUT2D eigenvalue weighted by Gasteiger charge is -2.48. The second-order valence-corrected chi connectivity index (χ2v) is 8.72. The second-order valence-electron chi connectivity index (χ2n) is 8.72. The number of carbonyl (C=O) groups is 1. The third kappa shape index (κ3) is 4.68. The summed E-state index contributed by atoms with van der Waals surface area (Å²) in [6, 6.07) is 0. The summed E-state index contributed by atoms with van der Waals surface area (Å²) in [5.74, 6) is -0.452. The highest BCUT2D eigenvalue weighted by Gasteiger charge is 2.52. The Morgan fingerprint density at radius 2 is 1.68 bits per heavy atom. The van der Waals surface area contributed by atoms with Crippen LogP contribution in [0.25, 0.3) is 0 Å². The van der Waals surface area contributed by atoms with Gasteiger partial charge < -0.3 is 19.7 Å². The summed E-state index contributed by atoms with van der Waals surface area (Å²) in [5.41, 5.74) is -2.90. The fraction of sp³-hybridized carbons (Fsp3) is 0.944. The zero-order chi connectivity index (χ0) is 18.9. The summed E-state index contributed by atoms with van der Waals surface area (Å²) < 4.78 is 37.1. The van der Waals surface area contributed by atoms with Gasteiger partial charge in [0.05, 0.1) is 23.0 Å². The van der Waals surface area contributed by atoms with Crippen molar-refractivity contribution in [2.75, 3.05) is 13.2 Å².